The quantitative estimate of drug-likeness (QED) is 0.436. The fourth-order valence-corrected chi connectivity index (χ4v) is 3.29. The van der Waals surface area contributed by atoms with E-state index in [1.807, 2.05) is 24.3 Å². The highest BCUT2D eigenvalue weighted by Crippen LogP contribution is 2.13. The monoisotopic (exact) mass is 403 g/mol. The number of hydrogen-bond donors (Lipinski definition) is 2. The summed E-state index contributed by atoms with van der Waals surface area (Å²) in [7, 11) is 0. The molecule has 0 bridgehead atoms. The van der Waals surface area contributed by atoms with E-state index in [1.165, 1.54) is 18.3 Å². The molecule has 2 N–H and O–H groups in total. The van der Waals surface area contributed by atoms with E-state index < -0.39 is 5.82 Å². The SMILES string of the molecule is O=C(NCc1ncccc1F)c1ccnc(CCCCc2nc3ccccc3[nH]2)c1. The van der Waals surface area contributed by atoms with Crippen LogP contribution in [0, 0.1) is 5.82 Å². The minimum Gasteiger partial charge on any atom is -0.346 e. The predicted molar refractivity (Wildman–Crippen MR) is 112 cm³/mol. The summed E-state index contributed by atoms with van der Waals surface area (Å²) in [6.07, 6.45) is 6.68. The number of H-pyrrole nitrogens is 1. The number of aromatic nitrogens is 4. The van der Waals surface area contributed by atoms with Crippen LogP contribution in [-0.2, 0) is 19.4 Å². The molecule has 0 aliphatic rings. The first-order valence-electron chi connectivity index (χ1n) is 9.95. The third-order valence-corrected chi connectivity index (χ3v) is 4.86. The third kappa shape index (κ3) is 4.86. The van der Waals surface area contributed by atoms with E-state index in [1.54, 1.807) is 18.3 Å². The smallest absolute Gasteiger partial charge is 0.251 e. The first kappa shape index (κ1) is 19.7. The van der Waals surface area contributed by atoms with Crippen LogP contribution in [0.3, 0.4) is 0 Å². The van der Waals surface area contributed by atoms with E-state index in [-0.39, 0.29) is 18.1 Å². The van der Waals surface area contributed by atoms with Gasteiger partial charge in [0, 0.05) is 30.1 Å². The molecule has 3 heterocycles. The summed E-state index contributed by atoms with van der Waals surface area (Å²) in [6, 6.07) is 14.3. The second kappa shape index (κ2) is 9.26. The van der Waals surface area contributed by atoms with Gasteiger partial charge in [-0.05, 0) is 55.7 Å². The van der Waals surface area contributed by atoms with Gasteiger partial charge in [0.2, 0.25) is 0 Å². The number of imidazole rings is 1. The Morgan fingerprint density at radius 2 is 1.87 bits per heavy atom. The molecule has 7 heteroatoms. The van der Waals surface area contributed by atoms with Crippen molar-refractivity contribution in [3.05, 3.63) is 89.5 Å². The molecule has 0 spiro atoms. The van der Waals surface area contributed by atoms with E-state index in [9.17, 15) is 9.18 Å². The van der Waals surface area contributed by atoms with E-state index in [0.717, 1.165) is 48.2 Å². The second-order valence-corrected chi connectivity index (χ2v) is 7.06. The lowest BCUT2D eigenvalue weighted by Gasteiger charge is -2.07. The zero-order valence-electron chi connectivity index (χ0n) is 16.4. The Hall–Kier alpha value is -3.61. The van der Waals surface area contributed by atoms with Crippen LogP contribution in [0.5, 0.6) is 0 Å². The number of para-hydroxylation sites is 2. The van der Waals surface area contributed by atoms with Crippen LogP contribution in [0.15, 0.2) is 60.9 Å². The van der Waals surface area contributed by atoms with Gasteiger partial charge >= 0.3 is 0 Å². The van der Waals surface area contributed by atoms with Crippen molar-refractivity contribution < 1.29 is 9.18 Å². The van der Waals surface area contributed by atoms with Gasteiger partial charge in [-0.2, -0.15) is 0 Å². The molecule has 3 aromatic heterocycles. The van der Waals surface area contributed by atoms with E-state index in [2.05, 4.69) is 25.3 Å². The molecule has 0 aliphatic heterocycles. The predicted octanol–water partition coefficient (Wildman–Crippen LogP) is 3.99. The van der Waals surface area contributed by atoms with E-state index >= 15 is 0 Å². The Morgan fingerprint density at radius 3 is 2.73 bits per heavy atom. The number of aromatic amines is 1. The van der Waals surface area contributed by atoms with Gasteiger partial charge in [-0.3, -0.25) is 14.8 Å². The van der Waals surface area contributed by atoms with Crippen molar-refractivity contribution in [1.29, 1.82) is 0 Å². The first-order chi connectivity index (χ1) is 14.7. The van der Waals surface area contributed by atoms with Crippen molar-refractivity contribution in [1.82, 2.24) is 25.3 Å². The highest BCUT2D eigenvalue weighted by Gasteiger charge is 2.09. The Kier molecular flexibility index (Phi) is 6.08. The lowest BCUT2D eigenvalue weighted by molar-refractivity contribution is 0.0950. The molecule has 1 amide bonds. The lowest BCUT2D eigenvalue weighted by Crippen LogP contribution is -2.24. The van der Waals surface area contributed by atoms with Crippen molar-refractivity contribution in [3.63, 3.8) is 0 Å². The standard InChI is InChI=1S/C23H22FN5O/c24-18-7-5-12-26-21(18)15-27-23(30)16-11-13-25-17(14-16)6-1-4-10-22-28-19-8-2-3-9-20(19)29-22/h2-3,5,7-9,11-14H,1,4,6,10,15H2,(H,27,30)(H,28,29). The molecule has 0 atom stereocenters. The molecule has 0 radical (unpaired) electrons. The van der Waals surface area contributed by atoms with Crippen molar-refractivity contribution >= 4 is 16.9 Å². The van der Waals surface area contributed by atoms with E-state index in [4.69, 9.17) is 0 Å². The number of nitrogens with one attached hydrogen (secondary N) is 2. The molecular weight excluding hydrogens is 381 g/mol. The highest BCUT2D eigenvalue weighted by atomic mass is 19.1. The number of carbonyl (C=O) groups excluding carboxylic acids is 1. The molecule has 0 saturated heterocycles. The van der Waals surface area contributed by atoms with Crippen LogP contribution in [-0.4, -0.2) is 25.8 Å². The summed E-state index contributed by atoms with van der Waals surface area (Å²) >= 11 is 0. The Balaban J connectivity index is 1.27. The average molecular weight is 403 g/mol. The van der Waals surface area contributed by atoms with Crippen LogP contribution >= 0.6 is 0 Å². The zero-order chi connectivity index (χ0) is 20.8. The summed E-state index contributed by atoms with van der Waals surface area (Å²) in [5.74, 6) is 0.280. The highest BCUT2D eigenvalue weighted by molar-refractivity contribution is 5.94. The molecule has 4 aromatic rings. The average Bonchev–Trinajstić information content (AvgIpc) is 3.19. The number of rotatable bonds is 8. The maximum atomic E-state index is 13.6. The molecule has 0 unspecified atom stereocenters. The van der Waals surface area contributed by atoms with Gasteiger partial charge in [0.15, 0.2) is 0 Å². The number of hydrogen-bond acceptors (Lipinski definition) is 4. The number of benzene rings is 1. The van der Waals surface area contributed by atoms with Crippen molar-refractivity contribution in [3.8, 4) is 0 Å². The number of amides is 1. The molecule has 6 nitrogen and oxygen atoms in total. The van der Waals surface area contributed by atoms with Gasteiger partial charge < -0.3 is 10.3 Å². The largest absolute Gasteiger partial charge is 0.346 e. The molecular formula is C23H22FN5O. The van der Waals surface area contributed by atoms with Gasteiger partial charge in [0.25, 0.3) is 5.91 Å². The first-order valence-corrected chi connectivity index (χ1v) is 9.95. The number of halogens is 1. The molecule has 0 saturated carbocycles. The second-order valence-electron chi connectivity index (χ2n) is 7.06. The summed E-state index contributed by atoms with van der Waals surface area (Å²) < 4.78 is 13.6. The maximum Gasteiger partial charge on any atom is 0.251 e. The molecule has 0 fully saturated rings. The van der Waals surface area contributed by atoms with Crippen LogP contribution in [0.4, 0.5) is 4.39 Å². The molecule has 30 heavy (non-hydrogen) atoms. The third-order valence-electron chi connectivity index (χ3n) is 4.86. The summed E-state index contributed by atoms with van der Waals surface area (Å²) in [5, 5.41) is 2.70. The Bertz CT molecular complexity index is 1120. The van der Waals surface area contributed by atoms with Gasteiger partial charge in [-0.25, -0.2) is 9.37 Å². The van der Waals surface area contributed by atoms with Gasteiger partial charge in [-0.1, -0.05) is 12.1 Å². The van der Waals surface area contributed by atoms with Crippen LogP contribution in [0.2, 0.25) is 0 Å². The summed E-state index contributed by atoms with van der Waals surface area (Å²) in [5.41, 5.74) is 3.62. The van der Waals surface area contributed by atoms with Crippen LogP contribution in [0.1, 0.15) is 40.4 Å². The van der Waals surface area contributed by atoms with Crippen molar-refractivity contribution in [2.24, 2.45) is 0 Å². The van der Waals surface area contributed by atoms with Crippen molar-refractivity contribution in [2.75, 3.05) is 0 Å². The van der Waals surface area contributed by atoms with E-state index in [0.29, 0.717) is 5.56 Å². The number of fused-ring (bicyclic) bond motifs is 1. The molecule has 4 rings (SSSR count). The summed E-state index contributed by atoms with van der Waals surface area (Å²) in [6.45, 7) is 0.0423. The summed E-state index contributed by atoms with van der Waals surface area (Å²) in [4.78, 5) is 28.6. The topological polar surface area (TPSA) is 83.6 Å². The number of unbranched alkanes of at least 4 members (excludes halogenated alkanes) is 1. The molecule has 0 aliphatic carbocycles. The number of nitrogens with zero attached hydrogens (tertiary/aromatic N) is 3. The maximum absolute atomic E-state index is 13.6. The number of pyridine rings is 2. The Morgan fingerprint density at radius 1 is 1.00 bits per heavy atom. The van der Waals surface area contributed by atoms with Gasteiger partial charge in [0.05, 0.1) is 23.3 Å². The minimum atomic E-state index is -0.433. The number of carbonyl (C=O) groups is 1. The van der Waals surface area contributed by atoms with Gasteiger partial charge in [-0.15, -0.1) is 0 Å². The van der Waals surface area contributed by atoms with Crippen LogP contribution in [0.25, 0.3) is 11.0 Å². The number of aryl methyl sites for hydroxylation is 2. The van der Waals surface area contributed by atoms with Crippen molar-refractivity contribution in [2.45, 2.75) is 32.2 Å². The fourth-order valence-electron chi connectivity index (χ4n) is 3.29. The molecule has 152 valence electrons. The van der Waals surface area contributed by atoms with Gasteiger partial charge in [0.1, 0.15) is 11.6 Å². The molecule has 1 aromatic carbocycles. The Labute approximate surface area is 173 Å². The fraction of sp³-hybridized carbons (Fsp3) is 0.217. The minimum absolute atomic E-state index is 0.0423. The normalized spacial score (nSPS) is 11.0. The van der Waals surface area contributed by atoms with Crippen LogP contribution < -0.4 is 5.32 Å². The zero-order valence-corrected chi connectivity index (χ0v) is 16.4. The lowest BCUT2D eigenvalue weighted by atomic mass is 10.1.